The molecule has 1 atom stereocenters. The molecule has 9 nitrogen and oxygen atoms in total. The molecule has 4 rings (SSSR count). The van der Waals surface area contributed by atoms with Crippen molar-refractivity contribution in [2.45, 2.75) is 30.6 Å². The summed E-state index contributed by atoms with van der Waals surface area (Å²) in [7, 11) is -3.94. The van der Waals surface area contributed by atoms with Gasteiger partial charge in [0.1, 0.15) is 5.82 Å². The first-order valence-electron chi connectivity index (χ1n) is 9.61. The van der Waals surface area contributed by atoms with E-state index in [4.69, 9.17) is 4.52 Å². The highest BCUT2D eigenvalue weighted by Gasteiger charge is 2.35. The lowest BCUT2D eigenvalue weighted by Crippen LogP contribution is -2.39. The monoisotopic (exact) mass is 446 g/mol. The Morgan fingerprint density at radius 1 is 1.23 bits per heavy atom. The van der Waals surface area contributed by atoms with E-state index in [1.807, 2.05) is 0 Å². The quantitative estimate of drug-likeness (QED) is 0.433. The van der Waals surface area contributed by atoms with Crippen LogP contribution in [-0.2, 0) is 10.0 Å². The molecule has 11 heteroatoms. The zero-order chi connectivity index (χ0) is 22.2. The lowest BCUT2D eigenvalue weighted by molar-refractivity contribution is -0.385. The summed E-state index contributed by atoms with van der Waals surface area (Å²) in [4.78, 5) is 14.9. The topological polar surface area (TPSA) is 119 Å². The Kier molecular flexibility index (Phi) is 5.54. The fourth-order valence-electron chi connectivity index (χ4n) is 3.70. The summed E-state index contributed by atoms with van der Waals surface area (Å²) in [5.41, 5.74) is 0.449. The molecule has 0 spiro atoms. The van der Waals surface area contributed by atoms with Gasteiger partial charge in [-0.15, -0.1) is 0 Å². The molecule has 1 fully saturated rings. The first-order valence-corrected chi connectivity index (χ1v) is 11.0. The zero-order valence-corrected chi connectivity index (χ0v) is 17.4. The van der Waals surface area contributed by atoms with Crippen LogP contribution in [0.2, 0.25) is 0 Å². The van der Waals surface area contributed by atoms with E-state index in [9.17, 15) is 22.9 Å². The molecule has 0 radical (unpaired) electrons. The molecular formula is C20H19FN4O5S. The van der Waals surface area contributed by atoms with Gasteiger partial charge in [-0.1, -0.05) is 11.2 Å². The SMILES string of the molecule is Cc1c([N+](=O)[O-])cccc1S(=O)(=O)N1CCCC(c2nc(-c3ccc(F)cc3)no2)C1. The molecular weight excluding hydrogens is 427 g/mol. The molecule has 2 aromatic carbocycles. The largest absolute Gasteiger partial charge is 0.339 e. The minimum atomic E-state index is -3.94. The van der Waals surface area contributed by atoms with Gasteiger partial charge in [0.25, 0.3) is 5.69 Å². The number of nitro benzene ring substituents is 1. The maximum atomic E-state index is 13.2. The molecule has 0 N–H and O–H groups in total. The van der Waals surface area contributed by atoms with Gasteiger partial charge in [-0.25, -0.2) is 12.8 Å². The number of nitrogens with zero attached hydrogens (tertiary/aromatic N) is 4. The average molecular weight is 446 g/mol. The number of hydrogen-bond donors (Lipinski definition) is 0. The van der Waals surface area contributed by atoms with Gasteiger partial charge in [0, 0.05) is 30.3 Å². The second kappa shape index (κ2) is 8.16. The summed E-state index contributed by atoms with van der Waals surface area (Å²) in [5, 5.41) is 15.1. The van der Waals surface area contributed by atoms with Gasteiger partial charge < -0.3 is 4.52 Å². The predicted molar refractivity (Wildman–Crippen MR) is 108 cm³/mol. The third-order valence-electron chi connectivity index (χ3n) is 5.35. The lowest BCUT2D eigenvalue weighted by Gasteiger charge is -2.30. The maximum Gasteiger partial charge on any atom is 0.273 e. The fraction of sp³-hybridized carbons (Fsp3) is 0.300. The van der Waals surface area contributed by atoms with Crippen molar-refractivity contribution in [3.8, 4) is 11.4 Å². The highest BCUT2D eigenvalue weighted by molar-refractivity contribution is 7.89. The number of halogens is 1. The molecule has 1 saturated heterocycles. The van der Waals surface area contributed by atoms with E-state index in [1.54, 1.807) is 0 Å². The highest BCUT2D eigenvalue weighted by atomic mass is 32.2. The number of benzene rings is 2. The van der Waals surface area contributed by atoms with Crippen LogP contribution in [0.15, 0.2) is 51.9 Å². The molecule has 2 heterocycles. The molecule has 0 bridgehead atoms. The van der Waals surface area contributed by atoms with Gasteiger partial charge in [0.2, 0.25) is 21.7 Å². The Morgan fingerprint density at radius 2 is 1.97 bits per heavy atom. The van der Waals surface area contributed by atoms with Gasteiger partial charge in [0.05, 0.1) is 15.7 Å². The molecule has 31 heavy (non-hydrogen) atoms. The zero-order valence-electron chi connectivity index (χ0n) is 16.6. The van der Waals surface area contributed by atoms with Crippen molar-refractivity contribution in [3.63, 3.8) is 0 Å². The van der Waals surface area contributed by atoms with E-state index in [0.29, 0.717) is 36.7 Å². The smallest absolute Gasteiger partial charge is 0.273 e. The minimum absolute atomic E-state index is 0.0834. The number of rotatable bonds is 5. The molecule has 1 aliphatic heterocycles. The second-order valence-corrected chi connectivity index (χ2v) is 9.23. The van der Waals surface area contributed by atoms with Gasteiger partial charge in [-0.2, -0.15) is 9.29 Å². The number of piperidine rings is 1. The Morgan fingerprint density at radius 3 is 2.68 bits per heavy atom. The number of nitro groups is 1. The van der Waals surface area contributed by atoms with Crippen molar-refractivity contribution in [1.82, 2.24) is 14.4 Å². The molecule has 1 unspecified atom stereocenters. The number of aromatic nitrogens is 2. The van der Waals surface area contributed by atoms with Crippen LogP contribution in [-0.4, -0.2) is 40.9 Å². The van der Waals surface area contributed by atoms with Crippen molar-refractivity contribution in [2.75, 3.05) is 13.1 Å². The predicted octanol–water partition coefficient (Wildman–Crippen LogP) is 3.66. The van der Waals surface area contributed by atoms with E-state index < -0.39 is 14.9 Å². The lowest BCUT2D eigenvalue weighted by atomic mass is 10.00. The van der Waals surface area contributed by atoms with E-state index in [2.05, 4.69) is 10.1 Å². The van der Waals surface area contributed by atoms with E-state index in [-0.39, 0.29) is 34.4 Å². The maximum absolute atomic E-state index is 13.2. The van der Waals surface area contributed by atoms with Crippen LogP contribution < -0.4 is 0 Å². The third kappa shape index (κ3) is 4.06. The van der Waals surface area contributed by atoms with Gasteiger partial charge >= 0.3 is 0 Å². The van der Waals surface area contributed by atoms with Crippen LogP contribution in [0.1, 0.15) is 30.2 Å². The fourth-order valence-corrected chi connectivity index (χ4v) is 5.46. The Balaban J connectivity index is 1.58. The normalized spacial score (nSPS) is 17.5. The minimum Gasteiger partial charge on any atom is -0.339 e. The standard InChI is InChI=1S/C20H19FN4O5S/c1-13-17(25(26)27)5-2-6-18(13)31(28,29)24-11-3-4-15(12-24)20-22-19(23-30-20)14-7-9-16(21)10-8-14/h2,5-10,15H,3-4,11-12H2,1H3. The van der Waals surface area contributed by atoms with Gasteiger partial charge in [-0.3, -0.25) is 10.1 Å². The van der Waals surface area contributed by atoms with Crippen molar-refractivity contribution in [1.29, 1.82) is 0 Å². The summed E-state index contributed by atoms with van der Waals surface area (Å²) in [6, 6.07) is 9.68. The third-order valence-corrected chi connectivity index (χ3v) is 7.36. The Hall–Kier alpha value is -3.18. The van der Waals surface area contributed by atoms with Crippen molar-refractivity contribution in [3.05, 3.63) is 69.9 Å². The Bertz CT molecular complexity index is 1230. The summed E-state index contributed by atoms with van der Waals surface area (Å²) < 4.78 is 46.2. The van der Waals surface area contributed by atoms with Gasteiger partial charge in [0.15, 0.2) is 0 Å². The van der Waals surface area contributed by atoms with Crippen LogP contribution in [0.5, 0.6) is 0 Å². The van der Waals surface area contributed by atoms with Crippen molar-refractivity contribution < 1.29 is 22.3 Å². The van der Waals surface area contributed by atoms with E-state index >= 15 is 0 Å². The summed E-state index contributed by atoms with van der Waals surface area (Å²) >= 11 is 0. The van der Waals surface area contributed by atoms with Crippen LogP contribution in [0.4, 0.5) is 10.1 Å². The van der Waals surface area contributed by atoms with Crippen LogP contribution >= 0.6 is 0 Å². The van der Waals surface area contributed by atoms with Crippen molar-refractivity contribution >= 4 is 15.7 Å². The summed E-state index contributed by atoms with van der Waals surface area (Å²) in [5.74, 6) is -0.0965. The first kappa shape index (κ1) is 21.1. The molecule has 0 aliphatic carbocycles. The highest BCUT2D eigenvalue weighted by Crippen LogP contribution is 2.33. The Labute approximate surface area is 177 Å². The van der Waals surface area contributed by atoms with E-state index in [1.165, 1.54) is 53.7 Å². The molecule has 1 aromatic heterocycles. The van der Waals surface area contributed by atoms with Gasteiger partial charge in [-0.05, 0) is 50.1 Å². The summed E-state index contributed by atoms with van der Waals surface area (Å²) in [6.45, 7) is 1.84. The van der Waals surface area contributed by atoms with Crippen molar-refractivity contribution in [2.24, 2.45) is 0 Å². The molecule has 0 amide bonds. The molecule has 162 valence electrons. The average Bonchev–Trinajstić information content (AvgIpc) is 3.24. The first-order chi connectivity index (χ1) is 14.8. The molecule has 1 aliphatic rings. The van der Waals surface area contributed by atoms with Crippen LogP contribution in [0.3, 0.4) is 0 Å². The van der Waals surface area contributed by atoms with E-state index in [0.717, 1.165) is 0 Å². The van der Waals surface area contributed by atoms with Crippen LogP contribution in [0, 0.1) is 22.9 Å². The summed E-state index contributed by atoms with van der Waals surface area (Å²) in [6.07, 6.45) is 1.23. The molecule has 3 aromatic rings. The van der Waals surface area contributed by atoms with Crippen LogP contribution in [0.25, 0.3) is 11.4 Å². The number of hydrogen-bond acceptors (Lipinski definition) is 7. The second-order valence-electron chi connectivity index (χ2n) is 7.32. The number of sulfonamides is 1. The molecule has 0 saturated carbocycles.